The van der Waals surface area contributed by atoms with Crippen LogP contribution in [0.4, 0.5) is 10.5 Å². The van der Waals surface area contributed by atoms with Crippen LogP contribution in [0.3, 0.4) is 0 Å². The van der Waals surface area contributed by atoms with Crippen LogP contribution in [-0.2, 0) is 4.74 Å². The van der Waals surface area contributed by atoms with Gasteiger partial charge in [-0.2, -0.15) is 0 Å². The molecular weight excluding hydrogens is 292 g/mol. The summed E-state index contributed by atoms with van der Waals surface area (Å²) < 4.78 is 4.86. The molecule has 0 fully saturated rings. The van der Waals surface area contributed by atoms with Gasteiger partial charge in [0.15, 0.2) is 0 Å². The van der Waals surface area contributed by atoms with Crippen molar-refractivity contribution in [3.8, 4) is 0 Å². The molecule has 0 saturated carbocycles. The average molecular weight is 301 g/mol. The third-order valence-corrected chi connectivity index (χ3v) is 2.28. The second kappa shape index (κ2) is 6.00. The SMILES string of the molecule is C=CCOC(=O)Nc1cnc(Br)c(C(=O)O)c1. The highest BCUT2D eigenvalue weighted by Crippen LogP contribution is 2.18. The Labute approximate surface area is 105 Å². The highest BCUT2D eigenvalue weighted by molar-refractivity contribution is 9.10. The van der Waals surface area contributed by atoms with Gasteiger partial charge < -0.3 is 9.84 Å². The Balaban J connectivity index is 2.79. The Morgan fingerprint density at radius 2 is 2.35 bits per heavy atom. The minimum Gasteiger partial charge on any atom is -0.478 e. The lowest BCUT2D eigenvalue weighted by atomic mass is 10.3. The maximum atomic E-state index is 11.2. The molecule has 90 valence electrons. The fraction of sp³-hybridized carbons (Fsp3) is 0.100. The molecule has 0 aromatic carbocycles. The van der Waals surface area contributed by atoms with Crippen molar-refractivity contribution in [1.82, 2.24) is 4.98 Å². The Hall–Kier alpha value is -1.89. The van der Waals surface area contributed by atoms with Crippen molar-refractivity contribution in [2.75, 3.05) is 11.9 Å². The molecule has 0 aliphatic heterocycles. The van der Waals surface area contributed by atoms with Gasteiger partial charge in [0, 0.05) is 0 Å². The Kier molecular flexibility index (Phi) is 4.65. The highest BCUT2D eigenvalue weighted by Gasteiger charge is 2.11. The predicted molar refractivity (Wildman–Crippen MR) is 64.1 cm³/mol. The Bertz CT molecular complexity index is 462. The minimum absolute atomic E-state index is 0.0495. The first-order valence-electron chi connectivity index (χ1n) is 4.48. The number of carboxylic acids is 1. The molecule has 1 aromatic rings. The van der Waals surface area contributed by atoms with E-state index < -0.39 is 12.1 Å². The van der Waals surface area contributed by atoms with Crippen molar-refractivity contribution < 1.29 is 19.4 Å². The van der Waals surface area contributed by atoms with Gasteiger partial charge in [-0.3, -0.25) is 5.32 Å². The van der Waals surface area contributed by atoms with E-state index in [2.05, 4.69) is 37.5 Å². The first kappa shape index (κ1) is 13.2. The summed E-state index contributed by atoms with van der Waals surface area (Å²) in [5, 5.41) is 11.2. The fourth-order valence-electron chi connectivity index (χ4n) is 0.955. The van der Waals surface area contributed by atoms with Crippen LogP contribution in [0.2, 0.25) is 0 Å². The summed E-state index contributed by atoms with van der Waals surface area (Å²) in [6.45, 7) is 3.46. The topological polar surface area (TPSA) is 88.5 Å². The number of aromatic nitrogens is 1. The third-order valence-electron chi connectivity index (χ3n) is 1.65. The third kappa shape index (κ3) is 3.87. The number of hydrogen-bond donors (Lipinski definition) is 2. The van der Waals surface area contributed by atoms with E-state index in [-0.39, 0.29) is 22.5 Å². The van der Waals surface area contributed by atoms with Crippen molar-refractivity contribution in [1.29, 1.82) is 0 Å². The molecule has 0 atom stereocenters. The van der Waals surface area contributed by atoms with Gasteiger partial charge in [0.2, 0.25) is 0 Å². The Morgan fingerprint density at radius 3 is 2.94 bits per heavy atom. The van der Waals surface area contributed by atoms with Gasteiger partial charge in [-0.15, -0.1) is 0 Å². The van der Waals surface area contributed by atoms with Crippen LogP contribution in [0.5, 0.6) is 0 Å². The number of hydrogen-bond acceptors (Lipinski definition) is 4. The van der Waals surface area contributed by atoms with Crippen LogP contribution in [0.25, 0.3) is 0 Å². The molecule has 6 nitrogen and oxygen atoms in total. The zero-order valence-electron chi connectivity index (χ0n) is 8.64. The number of carboxylic acid groups (broad SMARTS) is 1. The van der Waals surface area contributed by atoms with E-state index in [0.717, 1.165) is 0 Å². The van der Waals surface area contributed by atoms with Crippen molar-refractivity contribution >= 4 is 33.7 Å². The first-order valence-corrected chi connectivity index (χ1v) is 5.27. The highest BCUT2D eigenvalue weighted by atomic mass is 79.9. The number of pyridine rings is 1. The molecule has 7 heteroatoms. The van der Waals surface area contributed by atoms with E-state index >= 15 is 0 Å². The van der Waals surface area contributed by atoms with Gasteiger partial charge in [-0.05, 0) is 22.0 Å². The zero-order chi connectivity index (χ0) is 12.8. The molecule has 2 N–H and O–H groups in total. The number of carbonyl (C=O) groups excluding carboxylic acids is 1. The first-order chi connectivity index (χ1) is 8.04. The molecule has 0 bridgehead atoms. The summed E-state index contributed by atoms with van der Waals surface area (Å²) in [7, 11) is 0. The van der Waals surface area contributed by atoms with Crippen LogP contribution in [0.1, 0.15) is 10.4 Å². The number of amides is 1. The maximum Gasteiger partial charge on any atom is 0.411 e. The molecule has 0 unspecified atom stereocenters. The zero-order valence-corrected chi connectivity index (χ0v) is 10.2. The van der Waals surface area contributed by atoms with Gasteiger partial charge in [-0.1, -0.05) is 12.7 Å². The van der Waals surface area contributed by atoms with Gasteiger partial charge in [-0.25, -0.2) is 14.6 Å². The van der Waals surface area contributed by atoms with Gasteiger partial charge >= 0.3 is 12.1 Å². The molecule has 0 aliphatic carbocycles. The molecule has 0 aliphatic rings. The fourth-order valence-corrected chi connectivity index (χ4v) is 1.34. The maximum absolute atomic E-state index is 11.2. The van der Waals surface area contributed by atoms with Gasteiger partial charge in [0.1, 0.15) is 11.2 Å². The predicted octanol–water partition coefficient (Wildman–Crippen LogP) is 2.28. The molecule has 1 amide bonds. The molecule has 0 radical (unpaired) electrons. The lowest BCUT2D eigenvalue weighted by Crippen LogP contribution is -2.14. The standard InChI is InChI=1S/C10H9BrN2O4/c1-2-3-17-10(16)13-6-4-7(9(14)15)8(11)12-5-6/h2,4-5H,1,3H2,(H,13,16)(H,14,15). The average Bonchev–Trinajstić information content (AvgIpc) is 2.28. The molecule has 0 saturated heterocycles. The van der Waals surface area contributed by atoms with Crippen LogP contribution >= 0.6 is 15.9 Å². The summed E-state index contributed by atoms with van der Waals surface area (Å²) in [5.41, 5.74) is 0.186. The summed E-state index contributed by atoms with van der Waals surface area (Å²) in [6.07, 6.45) is 2.03. The Morgan fingerprint density at radius 1 is 1.65 bits per heavy atom. The van der Waals surface area contributed by atoms with E-state index in [0.29, 0.717) is 0 Å². The lowest BCUT2D eigenvalue weighted by Gasteiger charge is -2.06. The number of halogens is 1. The van der Waals surface area contributed by atoms with Crippen LogP contribution < -0.4 is 5.32 Å². The summed E-state index contributed by atoms with van der Waals surface area (Å²) in [6, 6.07) is 1.27. The second-order valence-corrected chi connectivity index (χ2v) is 3.63. The summed E-state index contributed by atoms with van der Waals surface area (Å²) in [5.74, 6) is -1.15. The van der Waals surface area contributed by atoms with Gasteiger partial charge in [0.25, 0.3) is 0 Å². The summed E-state index contributed by atoms with van der Waals surface area (Å²) >= 11 is 2.99. The molecule has 17 heavy (non-hydrogen) atoms. The molecule has 0 spiro atoms. The normalized spacial score (nSPS) is 9.47. The second-order valence-electron chi connectivity index (χ2n) is 2.88. The number of nitrogens with one attached hydrogen (secondary N) is 1. The van der Waals surface area contributed by atoms with Gasteiger partial charge in [0.05, 0.1) is 17.4 Å². The molecule has 1 rings (SSSR count). The number of carbonyl (C=O) groups is 2. The van der Waals surface area contributed by atoms with E-state index in [1.165, 1.54) is 18.3 Å². The van der Waals surface area contributed by atoms with E-state index in [4.69, 9.17) is 5.11 Å². The van der Waals surface area contributed by atoms with Crippen molar-refractivity contribution in [3.63, 3.8) is 0 Å². The van der Waals surface area contributed by atoms with Crippen LogP contribution in [-0.4, -0.2) is 28.8 Å². The quantitative estimate of drug-likeness (QED) is 0.658. The van der Waals surface area contributed by atoms with Crippen LogP contribution in [0, 0.1) is 0 Å². The van der Waals surface area contributed by atoms with Crippen molar-refractivity contribution in [2.24, 2.45) is 0 Å². The molecule has 1 heterocycles. The number of aromatic carboxylic acids is 1. The van der Waals surface area contributed by atoms with Crippen LogP contribution in [0.15, 0.2) is 29.5 Å². The van der Waals surface area contributed by atoms with E-state index in [1.54, 1.807) is 0 Å². The van der Waals surface area contributed by atoms with E-state index in [9.17, 15) is 9.59 Å². The molecular formula is C10H9BrN2O4. The number of anilines is 1. The largest absolute Gasteiger partial charge is 0.478 e. The van der Waals surface area contributed by atoms with Crippen molar-refractivity contribution in [3.05, 3.63) is 35.1 Å². The minimum atomic E-state index is -1.15. The number of nitrogens with zero attached hydrogens (tertiary/aromatic N) is 1. The monoisotopic (exact) mass is 300 g/mol. The molecule has 1 aromatic heterocycles. The number of rotatable bonds is 4. The van der Waals surface area contributed by atoms with E-state index in [1.807, 2.05) is 0 Å². The van der Waals surface area contributed by atoms with Crippen molar-refractivity contribution in [2.45, 2.75) is 0 Å². The summed E-state index contributed by atoms with van der Waals surface area (Å²) in [4.78, 5) is 25.8. The smallest absolute Gasteiger partial charge is 0.411 e. The number of ether oxygens (including phenoxy) is 1. The lowest BCUT2D eigenvalue weighted by molar-refractivity contribution is 0.0695.